The first-order valence-corrected chi connectivity index (χ1v) is 8.41. The minimum atomic E-state index is 0.414. The highest BCUT2D eigenvalue weighted by Crippen LogP contribution is 2.25. The van der Waals surface area contributed by atoms with Crippen LogP contribution in [-0.4, -0.2) is 20.1 Å². The lowest BCUT2D eigenvalue weighted by atomic mass is 10.1. The van der Waals surface area contributed by atoms with Crippen molar-refractivity contribution in [3.8, 4) is 17.2 Å². The first-order valence-electron chi connectivity index (χ1n) is 8.41. The van der Waals surface area contributed by atoms with Crippen LogP contribution in [0, 0.1) is 0 Å². The second kappa shape index (κ2) is 7.65. The summed E-state index contributed by atoms with van der Waals surface area (Å²) in [6.45, 7) is 0.452. The summed E-state index contributed by atoms with van der Waals surface area (Å²) in [6, 6.07) is 13.1. The van der Waals surface area contributed by atoms with Crippen LogP contribution in [0.3, 0.4) is 0 Å². The molecule has 0 saturated heterocycles. The molecule has 0 atom stereocenters. The predicted molar refractivity (Wildman–Crippen MR) is 99.8 cm³/mol. The number of ether oxygens (including phenoxy) is 1. The lowest BCUT2D eigenvalue weighted by Gasteiger charge is -2.05. The highest BCUT2D eigenvalue weighted by atomic mass is 16.5. The van der Waals surface area contributed by atoms with Crippen molar-refractivity contribution in [3.05, 3.63) is 84.1 Å². The van der Waals surface area contributed by atoms with Crippen molar-refractivity contribution < 1.29 is 9.26 Å². The maximum absolute atomic E-state index is 5.88. The van der Waals surface area contributed by atoms with E-state index in [-0.39, 0.29) is 0 Å². The van der Waals surface area contributed by atoms with Crippen molar-refractivity contribution in [3.63, 3.8) is 0 Å². The summed E-state index contributed by atoms with van der Waals surface area (Å²) < 4.78 is 11.1. The molecule has 134 valence electrons. The third-order valence-electron chi connectivity index (χ3n) is 3.98. The van der Waals surface area contributed by atoms with E-state index in [4.69, 9.17) is 15.0 Å². The molecule has 0 saturated carbocycles. The van der Waals surface area contributed by atoms with Gasteiger partial charge in [-0.05, 0) is 35.4 Å². The van der Waals surface area contributed by atoms with Gasteiger partial charge in [-0.2, -0.15) is 0 Å². The van der Waals surface area contributed by atoms with Crippen molar-refractivity contribution in [2.24, 2.45) is 0 Å². The average molecular weight is 359 g/mol. The predicted octanol–water partition coefficient (Wildman–Crippen LogP) is 3.28. The van der Waals surface area contributed by atoms with E-state index < -0.39 is 0 Å². The lowest BCUT2D eigenvalue weighted by Crippen LogP contribution is -1.98. The van der Waals surface area contributed by atoms with E-state index in [0.29, 0.717) is 30.5 Å². The quantitative estimate of drug-likeness (QED) is 0.564. The van der Waals surface area contributed by atoms with Crippen molar-refractivity contribution in [2.75, 3.05) is 5.73 Å². The van der Waals surface area contributed by atoms with Crippen LogP contribution in [0.2, 0.25) is 0 Å². The molecular formula is C20H17N5O2. The molecule has 4 aromatic heterocycles. The summed E-state index contributed by atoms with van der Waals surface area (Å²) in [5.74, 6) is 1.58. The number of nitrogen functional groups attached to an aromatic ring is 1. The second-order valence-electron chi connectivity index (χ2n) is 5.94. The van der Waals surface area contributed by atoms with Gasteiger partial charge in [0.25, 0.3) is 0 Å². The van der Waals surface area contributed by atoms with Crippen LogP contribution >= 0.6 is 0 Å². The summed E-state index contributed by atoms with van der Waals surface area (Å²) in [5, 5.41) is 4.10. The maximum Gasteiger partial charge on any atom is 0.213 e. The molecular weight excluding hydrogens is 342 g/mol. The molecule has 0 aliphatic carbocycles. The van der Waals surface area contributed by atoms with Gasteiger partial charge in [0.15, 0.2) is 5.76 Å². The van der Waals surface area contributed by atoms with Crippen LogP contribution in [0.25, 0.3) is 11.3 Å². The Morgan fingerprint density at radius 2 is 1.85 bits per heavy atom. The van der Waals surface area contributed by atoms with Gasteiger partial charge in [-0.15, -0.1) is 0 Å². The molecule has 0 unspecified atom stereocenters. The van der Waals surface area contributed by atoms with Gasteiger partial charge < -0.3 is 15.0 Å². The molecule has 0 aliphatic rings. The van der Waals surface area contributed by atoms with Gasteiger partial charge in [-0.1, -0.05) is 11.2 Å². The second-order valence-corrected chi connectivity index (χ2v) is 5.94. The minimum absolute atomic E-state index is 0.414. The number of nitrogens with zero attached hydrogens (tertiary/aromatic N) is 4. The Morgan fingerprint density at radius 1 is 0.963 bits per heavy atom. The van der Waals surface area contributed by atoms with Gasteiger partial charge >= 0.3 is 0 Å². The smallest absolute Gasteiger partial charge is 0.213 e. The van der Waals surface area contributed by atoms with Gasteiger partial charge in [0, 0.05) is 43.3 Å². The van der Waals surface area contributed by atoms with Crippen molar-refractivity contribution in [1.82, 2.24) is 20.1 Å². The molecule has 4 aromatic rings. The Morgan fingerprint density at radius 3 is 2.63 bits per heavy atom. The standard InChI is InChI=1S/C20H17N5O2/c21-20-17(2-1-7-23-20)18-11-16(25-27-18)10-15-3-4-19(24-12-15)26-13-14-5-8-22-9-6-14/h1-9,11-12H,10,13H2,(H2,21,23). The van der Waals surface area contributed by atoms with E-state index >= 15 is 0 Å². The minimum Gasteiger partial charge on any atom is -0.473 e. The Labute approximate surface area is 155 Å². The molecule has 0 fully saturated rings. The fraction of sp³-hybridized carbons (Fsp3) is 0.100. The zero-order chi connectivity index (χ0) is 18.5. The van der Waals surface area contributed by atoms with E-state index in [2.05, 4.69) is 20.1 Å². The number of nitrogens with two attached hydrogens (primary N) is 1. The topological polar surface area (TPSA) is 100.0 Å². The number of pyridine rings is 3. The number of hydrogen-bond acceptors (Lipinski definition) is 7. The van der Waals surface area contributed by atoms with Gasteiger partial charge in [-0.25, -0.2) is 9.97 Å². The zero-order valence-electron chi connectivity index (χ0n) is 14.4. The molecule has 0 amide bonds. The molecule has 2 N–H and O–H groups in total. The van der Waals surface area contributed by atoms with Crippen LogP contribution in [0.15, 0.2) is 71.8 Å². The molecule has 27 heavy (non-hydrogen) atoms. The SMILES string of the molecule is Nc1ncccc1-c1cc(Cc2ccc(OCc3ccncc3)nc2)no1. The van der Waals surface area contributed by atoms with Crippen molar-refractivity contribution >= 4 is 5.82 Å². The van der Waals surface area contributed by atoms with E-state index in [9.17, 15) is 0 Å². The van der Waals surface area contributed by atoms with Gasteiger partial charge in [0.2, 0.25) is 5.88 Å². The first-order chi connectivity index (χ1) is 13.3. The van der Waals surface area contributed by atoms with Crippen LogP contribution in [0.5, 0.6) is 5.88 Å². The summed E-state index contributed by atoms with van der Waals surface area (Å²) >= 11 is 0. The molecule has 0 aliphatic heterocycles. The highest BCUT2D eigenvalue weighted by Gasteiger charge is 2.11. The summed E-state index contributed by atoms with van der Waals surface area (Å²) in [7, 11) is 0. The third-order valence-corrected chi connectivity index (χ3v) is 3.98. The average Bonchev–Trinajstić information content (AvgIpc) is 3.17. The maximum atomic E-state index is 5.88. The fourth-order valence-corrected chi connectivity index (χ4v) is 2.59. The van der Waals surface area contributed by atoms with E-state index in [1.165, 1.54) is 0 Å². The molecule has 7 nitrogen and oxygen atoms in total. The molecule has 0 bridgehead atoms. The van der Waals surface area contributed by atoms with Gasteiger partial charge in [-0.3, -0.25) is 4.98 Å². The van der Waals surface area contributed by atoms with Gasteiger partial charge in [0.1, 0.15) is 12.4 Å². The molecule has 0 spiro atoms. The van der Waals surface area contributed by atoms with E-state index in [1.54, 1.807) is 24.8 Å². The molecule has 0 radical (unpaired) electrons. The number of hydrogen-bond donors (Lipinski definition) is 1. The van der Waals surface area contributed by atoms with Crippen LogP contribution in [0.1, 0.15) is 16.8 Å². The van der Waals surface area contributed by atoms with Crippen LogP contribution in [-0.2, 0) is 13.0 Å². The molecule has 4 heterocycles. The Balaban J connectivity index is 1.39. The number of anilines is 1. The van der Waals surface area contributed by atoms with Crippen LogP contribution in [0.4, 0.5) is 5.82 Å². The lowest BCUT2D eigenvalue weighted by molar-refractivity contribution is 0.293. The molecule has 4 rings (SSSR count). The Bertz CT molecular complexity index is 1020. The largest absolute Gasteiger partial charge is 0.473 e. The highest BCUT2D eigenvalue weighted by molar-refractivity contribution is 5.69. The summed E-state index contributed by atoms with van der Waals surface area (Å²) in [6.07, 6.45) is 7.48. The third kappa shape index (κ3) is 4.09. The number of rotatable bonds is 6. The fourth-order valence-electron chi connectivity index (χ4n) is 2.59. The zero-order valence-corrected chi connectivity index (χ0v) is 14.4. The first kappa shape index (κ1) is 16.7. The van der Waals surface area contributed by atoms with E-state index in [1.807, 2.05) is 42.5 Å². The van der Waals surface area contributed by atoms with Crippen molar-refractivity contribution in [1.29, 1.82) is 0 Å². The van der Waals surface area contributed by atoms with E-state index in [0.717, 1.165) is 22.4 Å². The van der Waals surface area contributed by atoms with Crippen molar-refractivity contribution in [2.45, 2.75) is 13.0 Å². The normalized spacial score (nSPS) is 10.7. The molecule has 0 aromatic carbocycles. The molecule has 7 heteroatoms. The monoisotopic (exact) mass is 359 g/mol. The summed E-state index contributed by atoms with van der Waals surface area (Å²) in [5.41, 5.74) is 9.45. The Hall–Kier alpha value is -3.74. The Kier molecular flexibility index (Phi) is 4.74. The number of aromatic nitrogens is 4. The summed E-state index contributed by atoms with van der Waals surface area (Å²) in [4.78, 5) is 12.4. The van der Waals surface area contributed by atoms with Gasteiger partial charge in [0.05, 0.1) is 11.3 Å². The van der Waals surface area contributed by atoms with Crippen LogP contribution < -0.4 is 10.5 Å².